The van der Waals surface area contributed by atoms with E-state index in [1.54, 1.807) is 21.5 Å². The largest absolute Gasteiger partial charge is 0.486 e. The molecule has 112 valence electrons. The quantitative estimate of drug-likeness (QED) is 0.916. The molecule has 3 rings (SSSR count). The standard InChI is InChI=1S/C15H19N3O3/c1-2-17-5-6-18(15(17)19)10-12(16)11-3-4-13-14(9-11)21-8-7-20-13/h3-6,9,12H,2,7-8,10,16H2,1H3. The smallest absolute Gasteiger partial charge is 0.328 e. The topological polar surface area (TPSA) is 71.4 Å². The van der Waals surface area contributed by atoms with Crippen molar-refractivity contribution in [3.8, 4) is 11.5 Å². The molecule has 0 spiro atoms. The van der Waals surface area contributed by atoms with Crippen molar-refractivity contribution in [2.24, 2.45) is 5.73 Å². The summed E-state index contributed by atoms with van der Waals surface area (Å²) in [5, 5.41) is 0. The van der Waals surface area contributed by atoms with Crippen molar-refractivity contribution >= 4 is 0 Å². The van der Waals surface area contributed by atoms with Crippen LogP contribution in [0.2, 0.25) is 0 Å². The molecule has 0 saturated heterocycles. The number of hydrogen-bond donors (Lipinski definition) is 1. The van der Waals surface area contributed by atoms with Gasteiger partial charge in [0.05, 0.1) is 0 Å². The summed E-state index contributed by atoms with van der Waals surface area (Å²) in [6.45, 7) is 4.14. The summed E-state index contributed by atoms with van der Waals surface area (Å²) in [5.74, 6) is 1.46. The highest BCUT2D eigenvalue weighted by Crippen LogP contribution is 2.32. The molecule has 6 heteroatoms. The number of nitrogens with zero attached hydrogens (tertiary/aromatic N) is 2. The van der Waals surface area contributed by atoms with Crippen molar-refractivity contribution in [3.05, 3.63) is 46.6 Å². The molecule has 1 aliphatic heterocycles. The van der Waals surface area contributed by atoms with E-state index >= 15 is 0 Å². The fourth-order valence-corrected chi connectivity index (χ4v) is 2.44. The fourth-order valence-electron chi connectivity index (χ4n) is 2.44. The number of aromatic nitrogens is 2. The van der Waals surface area contributed by atoms with Gasteiger partial charge in [-0.1, -0.05) is 6.07 Å². The van der Waals surface area contributed by atoms with E-state index in [4.69, 9.17) is 15.2 Å². The number of nitrogens with two attached hydrogens (primary N) is 1. The van der Waals surface area contributed by atoms with Gasteiger partial charge in [-0.25, -0.2) is 4.79 Å². The lowest BCUT2D eigenvalue weighted by molar-refractivity contribution is 0.171. The molecule has 0 radical (unpaired) electrons. The van der Waals surface area contributed by atoms with E-state index in [2.05, 4.69) is 0 Å². The molecule has 0 aliphatic carbocycles. The molecule has 2 N–H and O–H groups in total. The summed E-state index contributed by atoms with van der Waals surface area (Å²) >= 11 is 0. The minimum atomic E-state index is -0.272. The normalized spacial score (nSPS) is 15.0. The highest BCUT2D eigenvalue weighted by molar-refractivity contribution is 5.44. The second-order valence-corrected chi connectivity index (χ2v) is 5.03. The average Bonchev–Trinajstić information content (AvgIpc) is 2.87. The fraction of sp³-hybridized carbons (Fsp3) is 0.400. The Labute approximate surface area is 122 Å². The van der Waals surface area contributed by atoms with E-state index in [-0.39, 0.29) is 11.7 Å². The maximum absolute atomic E-state index is 12.0. The molecule has 0 fully saturated rings. The van der Waals surface area contributed by atoms with E-state index in [0.29, 0.717) is 32.1 Å². The van der Waals surface area contributed by atoms with Crippen molar-refractivity contribution in [2.45, 2.75) is 26.1 Å². The van der Waals surface area contributed by atoms with Crippen LogP contribution >= 0.6 is 0 Å². The molecule has 1 unspecified atom stereocenters. The monoisotopic (exact) mass is 289 g/mol. The van der Waals surface area contributed by atoms with Crippen LogP contribution in [0.4, 0.5) is 0 Å². The first kappa shape index (κ1) is 13.8. The summed E-state index contributed by atoms with van der Waals surface area (Å²) in [6.07, 6.45) is 3.54. The predicted octanol–water partition coefficient (Wildman–Crippen LogP) is 1.14. The zero-order valence-electron chi connectivity index (χ0n) is 12.0. The van der Waals surface area contributed by atoms with Gasteiger partial charge in [0.2, 0.25) is 0 Å². The van der Waals surface area contributed by atoms with Crippen molar-refractivity contribution in [3.63, 3.8) is 0 Å². The first-order valence-electron chi connectivity index (χ1n) is 7.09. The molecule has 1 aromatic carbocycles. The number of imidazole rings is 1. The van der Waals surface area contributed by atoms with Crippen LogP contribution in [0.25, 0.3) is 0 Å². The maximum Gasteiger partial charge on any atom is 0.328 e. The van der Waals surface area contributed by atoms with Crippen LogP contribution < -0.4 is 20.9 Å². The Morgan fingerprint density at radius 3 is 2.62 bits per heavy atom. The van der Waals surface area contributed by atoms with Crippen molar-refractivity contribution in [1.29, 1.82) is 0 Å². The van der Waals surface area contributed by atoms with Crippen LogP contribution in [0.15, 0.2) is 35.4 Å². The van der Waals surface area contributed by atoms with Gasteiger partial charge in [0, 0.05) is 31.5 Å². The minimum Gasteiger partial charge on any atom is -0.486 e. The SMILES string of the molecule is CCn1ccn(CC(N)c2ccc3c(c2)OCCO3)c1=O. The molecule has 1 atom stereocenters. The minimum absolute atomic E-state index is 0.0366. The third-order valence-corrected chi connectivity index (χ3v) is 3.65. The molecule has 1 aliphatic rings. The van der Waals surface area contributed by atoms with Gasteiger partial charge in [-0.2, -0.15) is 0 Å². The van der Waals surface area contributed by atoms with E-state index < -0.39 is 0 Å². The summed E-state index contributed by atoms with van der Waals surface area (Å²) in [4.78, 5) is 12.0. The van der Waals surface area contributed by atoms with Gasteiger partial charge in [0.1, 0.15) is 13.2 Å². The third-order valence-electron chi connectivity index (χ3n) is 3.65. The Balaban J connectivity index is 1.80. The lowest BCUT2D eigenvalue weighted by Gasteiger charge is -2.20. The molecule has 6 nitrogen and oxygen atoms in total. The van der Waals surface area contributed by atoms with Gasteiger partial charge in [0.25, 0.3) is 0 Å². The number of rotatable bonds is 4. The molecule has 2 aromatic rings. The van der Waals surface area contributed by atoms with Crippen molar-refractivity contribution < 1.29 is 9.47 Å². The molecule has 0 saturated carbocycles. The Morgan fingerprint density at radius 1 is 1.19 bits per heavy atom. The van der Waals surface area contributed by atoms with Crippen LogP contribution in [-0.2, 0) is 13.1 Å². The van der Waals surface area contributed by atoms with E-state index in [9.17, 15) is 4.79 Å². The van der Waals surface area contributed by atoms with Gasteiger partial charge < -0.3 is 15.2 Å². The summed E-state index contributed by atoms with van der Waals surface area (Å²) in [6, 6.07) is 5.40. The van der Waals surface area contributed by atoms with Crippen LogP contribution in [0.3, 0.4) is 0 Å². The molecule has 2 heterocycles. The zero-order chi connectivity index (χ0) is 14.8. The van der Waals surface area contributed by atoms with E-state index in [1.807, 2.05) is 25.1 Å². The van der Waals surface area contributed by atoms with Gasteiger partial charge >= 0.3 is 5.69 Å². The highest BCUT2D eigenvalue weighted by Gasteiger charge is 2.15. The van der Waals surface area contributed by atoms with Crippen molar-refractivity contribution in [1.82, 2.24) is 9.13 Å². The summed E-state index contributed by atoms with van der Waals surface area (Å²) in [5.41, 5.74) is 7.10. The number of aryl methyl sites for hydroxylation is 1. The zero-order valence-corrected chi connectivity index (χ0v) is 12.0. The Kier molecular flexibility index (Phi) is 3.70. The number of fused-ring (bicyclic) bond motifs is 1. The van der Waals surface area contributed by atoms with Crippen LogP contribution in [-0.4, -0.2) is 22.3 Å². The average molecular weight is 289 g/mol. The van der Waals surface area contributed by atoms with Crippen molar-refractivity contribution in [2.75, 3.05) is 13.2 Å². The lowest BCUT2D eigenvalue weighted by atomic mass is 10.1. The van der Waals surface area contributed by atoms with Crippen LogP contribution in [0, 0.1) is 0 Å². The second kappa shape index (κ2) is 5.65. The molecular weight excluding hydrogens is 270 g/mol. The number of ether oxygens (including phenoxy) is 2. The molecular formula is C15H19N3O3. The molecule has 21 heavy (non-hydrogen) atoms. The second-order valence-electron chi connectivity index (χ2n) is 5.03. The van der Waals surface area contributed by atoms with Crippen LogP contribution in [0.1, 0.15) is 18.5 Å². The van der Waals surface area contributed by atoms with E-state index in [1.165, 1.54) is 0 Å². The Bertz CT molecular complexity index is 690. The Morgan fingerprint density at radius 2 is 1.90 bits per heavy atom. The first-order chi connectivity index (χ1) is 10.2. The van der Waals surface area contributed by atoms with Gasteiger partial charge in [0.15, 0.2) is 11.5 Å². The summed E-state index contributed by atoms with van der Waals surface area (Å²) < 4.78 is 14.3. The van der Waals surface area contributed by atoms with Gasteiger partial charge in [-0.15, -0.1) is 0 Å². The van der Waals surface area contributed by atoms with E-state index in [0.717, 1.165) is 11.3 Å². The first-order valence-corrected chi connectivity index (χ1v) is 7.09. The lowest BCUT2D eigenvalue weighted by Crippen LogP contribution is -2.28. The Hall–Kier alpha value is -2.21. The molecule has 0 amide bonds. The predicted molar refractivity (Wildman–Crippen MR) is 78.7 cm³/mol. The molecule has 0 bridgehead atoms. The molecule has 1 aromatic heterocycles. The van der Waals surface area contributed by atoms with Gasteiger partial charge in [-0.3, -0.25) is 9.13 Å². The summed E-state index contributed by atoms with van der Waals surface area (Å²) in [7, 11) is 0. The number of hydrogen-bond acceptors (Lipinski definition) is 4. The maximum atomic E-state index is 12.0. The third kappa shape index (κ3) is 2.67. The highest BCUT2D eigenvalue weighted by atomic mass is 16.6. The van der Waals surface area contributed by atoms with Gasteiger partial charge in [-0.05, 0) is 24.6 Å². The number of benzene rings is 1. The van der Waals surface area contributed by atoms with Crippen LogP contribution in [0.5, 0.6) is 11.5 Å².